The van der Waals surface area contributed by atoms with Crippen LogP contribution in [-0.4, -0.2) is 92.2 Å². The Labute approximate surface area is 374 Å². The first-order chi connectivity index (χ1) is 30.8. The average molecular weight is 882 g/mol. The van der Waals surface area contributed by atoms with E-state index in [1.807, 2.05) is 20.2 Å². The molecule has 0 aliphatic heterocycles. The minimum absolute atomic E-state index is 0. The molecule has 5 aromatic carbocycles. The number of hydrogen-bond donors (Lipinski definition) is 6. The molecule has 7 rings (SSSR count). The number of benzene rings is 5. The predicted molar refractivity (Wildman–Crippen MR) is 251 cm³/mol. The molecule has 6 N–H and O–H groups in total. The van der Waals surface area contributed by atoms with E-state index in [0.717, 1.165) is 23.5 Å². The number of rotatable bonds is 16. The van der Waals surface area contributed by atoms with E-state index in [0.29, 0.717) is 11.4 Å². The summed E-state index contributed by atoms with van der Waals surface area (Å²) in [6.45, 7) is 2.37. The molecule has 0 aliphatic rings. The third-order valence-electron chi connectivity index (χ3n) is 9.41. The van der Waals surface area contributed by atoms with Gasteiger partial charge in [0.15, 0.2) is 11.2 Å². The maximum atomic E-state index is 12.3. The Morgan fingerprint density at radius 3 is 2.06 bits per heavy atom. The van der Waals surface area contributed by atoms with Crippen LogP contribution in [0.5, 0.6) is 0 Å². The lowest BCUT2D eigenvalue weighted by Gasteiger charge is -2.15. The van der Waals surface area contributed by atoms with Crippen molar-refractivity contribution in [1.29, 1.82) is 0 Å². The molecule has 19 nitrogen and oxygen atoms in total. The molecule has 7 aromatic rings. The largest absolute Gasteiger partial charge is 0.481 e. The Balaban J connectivity index is 0.000000247. The van der Waals surface area contributed by atoms with Gasteiger partial charge >= 0.3 is 11.9 Å². The lowest BCUT2D eigenvalue weighted by atomic mass is 10.0. The number of carbonyl (C=O) groups is 3. The molecule has 0 fully saturated rings. The Hall–Kier alpha value is -8.35. The van der Waals surface area contributed by atoms with Gasteiger partial charge in [-0.25, -0.2) is 14.8 Å². The molecule has 2 aromatic heterocycles. The number of carbonyl (C=O) groups excluding carboxylic acids is 1. The standard InChI is InChI=1S/C24H24N4.C21H23N9O6.CH4/c1-4-17-13-20(16-21(14-17)26-27-28(2)3)25-24-22-11-7-5-9-18(22)15-19-10-6-8-12-23(19)24;1-30(2)29-28-21-26-17-16(19(34)27-21)24-13(10-23-17)9-22-12-5-3-11(4-6-12)18(33)25-14(20(35)36)7-8-15(31)32;/h5-16,25H,4H2,1-3H3;3-6,10,14,22H,7-9H2,1-2H3,(H,25,33)(H,31,32)(H,35,36)(H,23,26,27,34);1H4/t;14-;/m.0./s1. The highest BCUT2D eigenvalue weighted by molar-refractivity contribution is 6.12. The van der Waals surface area contributed by atoms with Crippen molar-refractivity contribution in [3.63, 3.8) is 0 Å². The van der Waals surface area contributed by atoms with Crippen LogP contribution in [-0.2, 0) is 22.6 Å². The number of amides is 1. The Morgan fingerprint density at radius 1 is 0.800 bits per heavy atom. The first-order valence-corrected chi connectivity index (χ1v) is 20.1. The number of aliphatic carboxylic acids is 2. The summed E-state index contributed by atoms with van der Waals surface area (Å²) in [5.41, 5.74) is 5.15. The van der Waals surface area contributed by atoms with Gasteiger partial charge < -0.3 is 26.2 Å². The Kier molecular flexibility index (Phi) is 16.2. The van der Waals surface area contributed by atoms with Crippen molar-refractivity contribution in [2.45, 2.75) is 46.2 Å². The summed E-state index contributed by atoms with van der Waals surface area (Å²) in [5, 5.41) is 51.1. The highest BCUT2D eigenvalue weighted by atomic mass is 16.4. The van der Waals surface area contributed by atoms with Gasteiger partial charge in [-0.15, -0.1) is 5.11 Å². The van der Waals surface area contributed by atoms with E-state index in [9.17, 15) is 24.3 Å². The predicted octanol–water partition coefficient (Wildman–Crippen LogP) is 8.43. The number of nitrogens with zero attached hydrogens (tertiary/aromatic N) is 9. The summed E-state index contributed by atoms with van der Waals surface area (Å²) in [6.07, 6.45) is 1.78. The second-order valence-electron chi connectivity index (χ2n) is 14.8. The first kappa shape index (κ1) is 47.7. The van der Waals surface area contributed by atoms with Gasteiger partial charge in [-0.2, -0.15) is 4.98 Å². The van der Waals surface area contributed by atoms with E-state index in [4.69, 9.17) is 5.11 Å². The highest BCUT2D eigenvalue weighted by Gasteiger charge is 2.21. The number of carboxylic acids is 2. The van der Waals surface area contributed by atoms with E-state index in [1.54, 1.807) is 31.2 Å². The normalized spacial score (nSPS) is 11.5. The molecular formula is C46H51N13O6. The molecule has 19 heteroatoms. The smallest absolute Gasteiger partial charge is 0.326 e. The minimum atomic E-state index is -1.32. The fourth-order valence-corrected chi connectivity index (χ4v) is 6.35. The van der Waals surface area contributed by atoms with Crippen molar-refractivity contribution in [3.05, 3.63) is 130 Å². The van der Waals surface area contributed by atoms with E-state index < -0.39 is 29.4 Å². The van der Waals surface area contributed by atoms with Crippen LogP contribution in [0, 0.1) is 0 Å². The molecule has 0 aliphatic carbocycles. The number of carboxylic acid groups (broad SMARTS) is 2. The maximum absolute atomic E-state index is 12.3. The van der Waals surface area contributed by atoms with Gasteiger partial charge in [0, 0.05) is 62.3 Å². The van der Waals surface area contributed by atoms with Gasteiger partial charge in [-0.05, 0) is 77.7 Å². The Bertz CT molecular complexity index is 2860. The first-order valence-electron chi connectivity index (χ1n) is 20.1. The number of aromatic nitrogens is 4. The molecule has 0 saturated carbocycles. The van der Waals surface area contributed by atoms with Crippen LogP contribution >= 0.6 is 0 Å². The maximum Gasteiger partial charge on any atom is 0.326 e. The SMILES string of the molecule is C.CCc1cc(N=NN(C)C)cc(Nc2c3ccccc3cc3ccccc23)c1.CN(C)N=Nc1nc2ncc(CNc3ccc(C(=O)N[C@@H](CCC(=O)O)C(=O)O)cc3)nc2c(=O)[nH]1. The molecule has 1 amide bonds. The molecule has 1 atom stereocenters. The summed E-state index contributed by atoms with van der Waals surface area (Å²) >= 11 is 0. The van der Waals surface area contributed by atoms with Gasteiger partial charge in [0.05, 0.1) is 29.8 Å². The van der Waals surface area contributed by atoms with E-state index >= 15 is 0 Å². The number of fused-ring (bicyclic) bond motifs is 3. The molecule has 0 spiro atoms. The van der Waals surface area contributed by atoms with Crippen LogP contribution in [0.1, 0.15) is 48.8 Å². The third-order valence-corrected chi connectivity index (χ3v) is 9.41. The zero-order valence-electron chi connectivity index (χ0n) is 35.8. The number of nitrogens with one attached hydrogen (secondary N) is 4. The highest BCUT2D eigenvalue weighted by Crippen LogP contribution is 2.36. The minimum Gasteiger partial charge on any atom is -0.481 e. The van der Waals surface area contributed by atoms with Crippen LogP contribution in [0.3, 0.4) is 0 Å². The van der Waals surface area contributed by atoms with Gasteiger partial charge in [-0.3, -0.25) is 29.4 Å². The van der Waals surface area contributed by atoms with Gasteiger partial charge in [0.25, 0.3) is 17.4 Å². The number of anilines is 3. The number of aryl methyl sites for hydroxylation is 1. The summed E-state index contributed by atoms with van der Waals surface area (Å²) in [5.74, 6) is -3.11. The molecule has 0 radical (unpaired) electrons. The number of hydrogen-bond acceptors (Lipinski definition) is 13. The lowest BCUT2D eigenvalue weighted by Crippen LogP contribution is -2.41. The topological polar surface area (TPSA) is 255 Å². The summed E-state index contributed by atoms with van der Waals surface area (Å²) in [7, 11) is 7.08. The Morgan fingerprint density at radius 2 is 1.45 bits per heavy atom. The van der Waals surface area contributed by atoms with Crippen LogP contribution in [0.2, 0.25) is 0 Å². The van der Waals surface area contributed by atoms with Crippen molar-refractivity contribution in [2.24, 2.45) is 20.7 Å². The number of aromatic amines is 1. The lowest BCUT2D eigenvalue weighted by molar-refractivity contribution is -0.140. The van der Waals surface area contributed by atoms with Crippen LogP contribution in [0.15, 0.2) is 129 Å². The molecule has 2 heterocycles. The second kappa shape index (κ2) is 22.1. The zero-order chi connectivity index (χ0) is 45.8. The van der Waals surface area contributed by atoms with Gasteiger partial charge in [-0.1, -0.05) is 78.4 Å². The summed E-state index contributed by atoms with van der Waals surface area (Å²) in [6, 6.07) is 30.4. The van der Waals surface area contributed by atoms with Crippen molar-refractivity contribution >= 4 is 79.3 Å². The van der Waals surface area contributed by atoms with Crippen LogP contribution in [0.4, 0.5) is 28.7 Å². The van der Waals surface area contributed by atoms with Gasteiger partial charge in [0.1, 0.15) is 6.04 Å². The molecular weight excluding hydrogens is 831 g/mol. The molecule has 65 heavy (non-hydrogen) atoms. The fraction of sp³-hybridized carbons (Fsp3) is 0.239. The second-order valence-corrected chi connectivity index (χ2v) is 14.8. The zero-order valence-corrected chi connectivity index (χ0v) is 35.8. The van der Waals surface area contributed by atoms with Crippen molar-refractivity contribution in [2.75, 3.05) is 38.8 Å². The average Bonchev–Trinajstić information content (AvgIpc) is 3.28. The monoisotopic (exact) mass is 881 g/mol. The quantitative estimate of drug-likeness (QED) is 0.0303. The molecule has 336 valence electrons. The van der Waals surface area contributed by atoms with Gasteiger partial charge in [0.2, 0.25) is 0 Å². The van der Waals surface area contributed by atoms with Crippen LogP contribution in [0.25, 0.3) is 32.7 Å². The summed E-state index contributed by atoms with van der Waals surface area (Å²) < 4.78 is 0. The van der Waals surface area contributed by atoms with E-state index in [2.05, 4.69) is 130 Å². The van der Waals surface area contributed by atoms with E-state index in [-0.39, 0.29) is 49.5 Å². The summed E-state index contributed by atoms with van der Waals surface area (Å²) in [4.78, 5) is 61.6. The molecule has 0 unspecified atom stereocenters. The third kappa shape index (κ3) is 13.1. The van der Waals surface area contributed by atoms with Crippen molar-refractivity contribution in [3.8, 4) is 0 Å². The van der Waals surface area contributed by atoms with Crippen molar-refractivity contribution < 1.29 is 24.6 Å². The van der Waals surface area contributed by atoms with E-state index in [1.165, 1.54) is 50.4 Å². The number of H-pyrrole nitrogens is 1. The fourth-order valence-electron chi connectivity index (χ4n) is 6.35. The molecule has 0 saturated heterocycles. The molecule has 0 bridgehead atoms. The van der Waals surface area contributed by atoms with Crippen molar-refractivity contribution in [1.82, 2.24) is 35.3 Å². The van der Waals surface area contributed by atoms with Crippen LogP contribution < -0.4 is 21.5 Å².